The highest BCUT2D eigenvalue weighted by Gasteiger charge is 2.65. The van der Waals surface area contributed by atoms with Crippen molar-refractivity contribution in [2.24, 2.45) is 11.8 Å². The van der Waals surface area contributed by atoms with Gasteiger partial charge in [0.2, 0.25) is 0 Å². The molecule has 2 bridgehead atoms. The van der Waals surface area contributed by atoms with Crippen LogP contribution in [-0.2, 0) is 4.74 Å². The lowest BCUT2D eigenvalue weighted by Crippen LogP contribution is -2.49. The number of aryl methyl sites for hydroxylation is 1. The van der Waals surface area contributed by atoms with Crippen LogP contribution in [-0.4, -0.2) is 37.6 Å². The number of fused-ring (bicyclic) bond motifs is 2. The number of hydrogen-bond acceptors (Lipinski definition) is 5. The van der Waals surface area contributed by atoms with Gasteiger partial charge >= 0.3 is 5.69 Å². The number of nitrogens with zero attached hydrogens (tertiary/aromatic N) is 1. The summed E-state index contributed by atoms with van der Waals surface area (Å²) in [6.45, 7) is 5.21. The Bertz CT molecular complexity index is 665. The Balaban J connectivity index is 2.09. The van der Waals surface area contributed by atoms with Gasteiger partial charge in [-0.05, 0) is 19.8 Å². The van der Waals surface area contributed by atoms with Crippen molar-refractivity contribution in [3.8, 4) is 0 Å². The van der Waals surface area contributed by atoms with Crippen LogP contribution < -0.4 is 11.2 Å². The summed E-state index contributed by atoms with van der Waals surface area (Å²) in [6.07, 6.45) is -1.18. The second-order valence-corrected chi connectivity index (χ2v) is 5.97. The summed E-state index contributed by atoms with van der Waals surface area (Å²) in [5, 5.41) is 20.2. The number of H-pyrrole nitrogens is 1. The highest BCUT2D eigenvalue weighted by Crippen LogP contribution is 2.55. The van der Waals surface area contributed by atoms with E-state index in [1.54, 1.807) is 13.8 Å². The van der Waals surface area contributed by atoms with Crippen molar-refractivity contribution in [2.45, 2.75) is 44.8 Å². The van der Waals surface area contributed by atoms with Gasteiger partial charge < -0.3 is 14.9 Å². The molecule has 1 saturated carbocycles. The molecule has 6 atom stereocenters. The molecule has 3 rings (SSSR count). The summed E-state index contributed by atoms with van der Waals surface area (Å²) in [4.78, 5) is 25.6. The standard InChI is InChI=1S/C13H18N2O5/c1-5-4-15(12(19)14-10(5)18)11-7-6(2)13(3,20-11)9(17)8(7)16/h4,6-9,11,16-17H,1-3H3,(H,14,18,19)/t6-,7+,8-,9+,11+,13-/m0/s1. The Morgan fingerprint density at radius 3 is 2.60 bits per heavy atom. The molecule has 0 amide bonds. The van der Waals surface area contributed by atoms with Crippen LogP contribution in [0.25, 0.3) is 0 Å². The zero-order chi connectivity index (χ0) is 14.8. The van der Waals surface area contributed by atoms with Crippen LogP contribution in [0.4, 0.5) is 0 Å². The van der Waals surface area contributed by atoms with Crippen molar-refractivity contribution < 1.29 is 14.9 Å². The van der Waals surface area contributed by atoms with Crippen LogP contribution in [0.1, 0.15) is 25.6 Å². The van der Waals surface area contributed by atoms with E-state index in [1.807, 2.05) is 6.92 Å². The molecular formula is C13H18N2O5. The lowest BCUT2D eigenvalue weighted by atomic mass is 9.91. The molecule has 110 valence electrons. The van der Waals surface area contributed by atoms with E-state index in [0.29, 0.717) is 5.56 Å². The predicted molar refractivity (Wildman–Crippen MR) is 69.3 cm³/mol. The molecule has 2 aliphatic rings. The second kappa shape index (κ2) is 4.03. The maximum Gasteiger partial charge on any atom is 0.330 e. The zero-order valence-corrected chi connectivity index (χ0v) is 11.5. The van der Waals surface area contributed by atoms with E-state index in [1.165, 1.54) is 10.8 Å². The van der Waals surface area contributed by atoms with Crippen LogP contribution >= 0.6 is 0 Å². The summed E-state index contributed by atoms with van der Waals surface area (Å²) < 4.78 is 7.13. The molecule has 7 nitrogen and oxygen atoms in total. The molecular weight excluding hydrogens is 264 g/mol. The molecule has 1 aromatic rings. The minimum absolute atomic E-state index is 0.100. The highest BCUT2D eigenvalue weighted by atomic mass is 16.6. The van der Waals surface area contributed by atoms with Crippen molar-refractivity contribution in [3.05, 3.63) is 32.6 Å². The number of ether oxygens (including phenoxy) is 1. The molecule has 1 aliphatic heterocycles. The van der Waals surface area contributed by atoms with Gasteiger partial charge in [0.15, 0.2) is 0 Å². The molecule has 0 aromatic carbocycles. The third kappa shape index (κ3) is 1.51. The predicted octanol–water partition coefficient (Wildman–Crippen LogP) is -0.880. The number of aromatic amines is 1. The first kappa shape index (κ1) is 13.5. The molecule has 0 spiro atoms. The maximum absolute atomic E-state index is 11.9. The van der Waals surface area contributed by atoms with Gasteiger partial charge in [-0.1, -0.05) is 6.92 Å². The first-order valence-corrected chi connectivity index (χ1v) is 6.63. The molecule has 3 N–H and O–H groups in total. The first-order valence-electron chi connectivity index (χ1n) is 6.63. The number of aliphatic hydroxyl groups excluding tert-OH is 2. The second-order valence-electron chi connectivity index (χ2n) is 5.97. The van der Waals surface area contributed by atoms with Crippen LogP contribution in [0, 0.1) is 18.8 Å². The SMILES string of the molecule is Cc1cn([C@@H]2O[C@]3(C)[C@H](O)[C@@H](O)[C@H]2[C@@H]3C)c(=O)[nH]c1=O. The lowest BCUT2D eigenvalue weighted by Gasteiger charge is -2.36. The fourth-order valence-corrected chi connectivity index (χ4v) is 3.45. The van der Waals surface area contributed by atoms with Gasteiger partial charge in [-0.15, -0.1) is 0 Å². The molecule has 7 heteroatoms. The summed E-state index contributed by atoms with van der Waals surface area (Å²) in [5.74, 6) is -0.491. The van der Waals surface area contributed by atoms with Crippen molar-refractivity contribution in [3.63, 3.8) is 0 Å². The van der Waals surface area contributed by atoms with E-state index in [4.69, 9.17) is 4.74 Å². The average molecular weight is 282 g/mol. The van der Waals surface area contributed by atoms with Gasteiger partial charge in [0.1, 0.15) is 12.3 Å². The monoisotopic (exact) mass is 282 g/mol. The third-order valence-electron chi connectivity index (χ3n) is 4.91. The van der Waals surface area contributed by atoms with Crippen molar-refractivity contribution >= 4 is 0 Å². The van der Waals surface area contributed by atoms with Gasteiger partial charge in [0, 0.05) is 17.7 Å². The van der Waals surface area contributed by atoms with Gasteiger partial charge in [0.25, 0.3) is 5.56 Å². The molecule has 20 heavy (non-hydrogen) atoms. The smallest absolute Gasteiger partial charge is 0.330 e. The van der Waals surface area contributed by atoms with E-state index in [-0.39, 0.29) is 5.92 Å². The number of aromatic nitrogens is 2. The molecule has 0 radical (unpaired) electrons. The minimum atomic E-state index is -0.974. The Kier molecular flexibility index (Phi) is 2.73. The summed E-state index contributed by atoms with van der Waals surface area (Å²) in [6, 6.07) is 0. The van der Waals surface area contributed by atoms with E-state index in [0.717, 1.165) is 0 Å². The highest BCUT2D eigenvalue weighted by molar-refractivity contribution is 5.13. The molecule has 1 aliphatic carbocycles. The Morgan fingerprint density at radius 2 is 2.05 bits per heavy atom. The van der Waals surface area contributed by atoms with Gasteiger partial charge in [0.05, 0.1) is 11.7 Å². The van der Waals surface area contributed by atoms with E-state index < -0.39 is 41.2 Å². The van der Waals surface area contributed by atoms with Gasteiger partial charge in [-0.2, -0.15) is 0 Å². The third-order valence-corrected chi connectivity index (χ3v) is 4.91. The fourth-order valence-electron chi connectivity index (χ4n) is 3.45. The summed E-state index contributed by atoms with van der Waals surface area (Å²) in [5.41, 5.74) is -1.51. The largest absolute Gasteiger partial charge is 0.390 e. The fraction of sp³-hybridized carbons (Fsp3) is 0.692. The summed E-state index contributed by atoms with van der Waals surface area (Å²) >= 11 is 0. The quantitative estimate of drug-likeness (QED) is 0.620. The van der Waals surface area contributed by atoms with E-state index in [9.17, 15) is 19.8 Å². The van der Waals surface area contributed by atoms with Crippen LogP contribution in [0.3, 0.4) is 0 Å². The molecule has 1 aromatic heterocycles. The molecule has 0 unspecified atom stereocenters. The summed E-state index contributed by atoms with van der Waals surface area (Å²) in [7, 11) is 0. The van der Waals surface area contributed by atoms with E-state index in [2.05, 4.69) is 4.98 Å². The lowest BCUT2D eigenvalue weighted by molar-refractivity contribution is -0.197. The minimum Gasteiger partial charge on any atom is -0.390 e. The number of rotatable bonds is 1. The normalized spacial score (nSPS) is 43.1. The Morgan fingerprint density at radius 1 is 1.40 bits per heavy atom. The van der Waals surface area contributed by atoms with Crippen LogP contribution in [0.5, 0.6) is 0 Å². The topological polar surface area (TPSA) is 105 Å². The van der Waals surface area contributed by atoms with E-state index >= 15 is 0 Å². The van der Waals surface area contributed by atoms with Gasteiger partial charge in [-0.25, -0.2) is 4.79 Å². The van der Waals surface area contributed by atoms with Crippen molar-refractivity contribution in [2.75, 3.05) is 0 Å². The van der Waals surface area contributed by atoms with Crippen molar-refractivity contribution in [1.29, 1.82) is 0 Å². The molecule has 1 saturated heterocycles. The number of aliphatic hydroxyl groups is 2. The zero-order valence-electron chi connectivity index (χ0n) is 11.5. The molecule has 2 heterocycles. The maximum atomic E-state index is 11.9. The Hall–Kier alpha value is -1.44. The van der Waals surface area contributed by atoms with Gasteiger partial charge in [-0.3, -0.25) is 14.3 Å². The molecule has 2 fully saturated rings. The first-order chi connectivity index (χ1) is 9.27. The number of nitrogens with one attached hydrogen (secondary N) is 1. The number of hydrogen-bond donors (Lipinski definition) is 3. The van der Waals surface area contributed by atoms with Crippen LogP contribution in [0.15, 0.2) is 15.8 Å². The van der Waals surface area contributed by atoms with Crippen molar-refractivity contribution in [1.82, 2.24) is 9.55 Å². The Labute approximate surface area is 114 Å². The van der Waals surface area contributed by atoms with Crippen LogP contribution in [0.2, 0.25) is 0 Å². The average Bonchev–Trinajstić information content (AvgIpc) is 2.73.